The molecule has 2 aromatic carbocycles. The van der Waals surface area contributed by atoms with Gasteiger partial charge in [0.15, 0.2) is 0 Å². The van der Waals surface area contributed by atoms with E-state index in [2.05, 4.69) is 15.3 Å². The first kappa shape index (κ1) is 30.8. The summed E-state index contributed by atoms with van der Waals surface area (Å²) in [6.45, 7) is 3.64. The molecule has 0 unspecified atom stereocenters. The maximum absolute atomic E-state index is 14.6. The van der Waals surface area contributed by atoms with Gasteiger partial charge >= 0.3 is 12.1 Å². The molecule has 0 amide bonds. The number of benzene rings is 2. The average Bonchev–Trinajstić information content (AvgIpc) is 3.39. The molecule has 13 heteroatoms. The van der Waals surface area contributed by atoms with Gasteiger partial charge in [-0.15, -0.1) is 0 Å². The second kappa shape index (κ2) is 12.6. The molecular weight excluding hydrogens is 587 g/mol. The molecule has 0 bridgehead atoms. The number of anilines is 2. The number of piperidine rings is 1. The van der Waals surface area contributed by atoms with E-state index < -0.39 is 12.3 Å². The molecule has 0 saturated carbocycles. The normalized spacial score (nSPS) is 18.9. The lowest BCUT2D eigenvalue weighted by atomic mass is 9.76. The Morgan fingerprint density at radius 1 is 1.21 bits per heavy atom. The highest BCUT2D eigenvalue weighted by Crippen LogP contribution is 2.43. The third-order valence-electron chi connectivity index (χ3n) is 8.04. The van der Waals surface area contributed by atoms with Gasteiger partial charge in [-0.05, 0) is 66.5 Å². The van der Waals surface area contributed by atoms with E-state index in [9.17, 15) is 23.1 Å². The fourth-order valence-electron chi connectivity index (χ4n) is 5.84. The lowest BCUT2D eigenvalue weighted by Gasteiger charge is -2.39. The van der Waals surface area contributed by atoms with Crippen molar-refractivity contribution in [2.24, 2.45) is 5.41 Å². The van der Waals surface area contributed by atoms with Crippen LogP contribution in [0.4, 0.5) is 24.9 Å². The van der Waals surface area contributed by atoms with Crippen molar-refractivity contribution in [1.82, 2.24) is 15.3 Å². The predicted octanol–water partition coefficient (Wildman–Crippen LogP) is 5.07. The molecular formula is C30H33ClF3N5O4. The van der Waals surface area contributed by atoms with Crippen molar-refractivity contribution in [3.05, 3.63) is 64.7 Å². The molecule has 2 aliphatic rings. The Morgan fingerprint density at radius 2 is 1.98 bits per heavy atom. The van der Waals surface area contributed by atoms with Crippen LogP contribution < -0.4 is 20.7 Å². The van der Waals surface area contributed by atoms with Crippen LogP contribution in [0.3, 0.4) is 0 Å². The molecule has 43 heavy (non-hydrogen) atoms. The number of alkyl halides is 3. The zero-order valence-electron chi connectivity index (χ0n) is 23.5. The van der Waals surface area contributed by atoms with E-state index in [-0.39, 0.29) is 52.0 Å². The first-order chi connectivity index (χ1) is 20.5. The van der Waals surface area contributed by atoms with Gasteiger partial charge in [0.1, 0.15) is 11.9 Å². The molecule has 9 nitrogen and oxygen atoms in total. The molecule has 1 aromatic heterocycles. The van der Waals surface area contributed by atoms with Crippen molar-refractivity contribution in [2.75, 3.05) is 36.9 Å². The quantitative estimate of drug-likeness (QED) is 0.297. The van der Waals surface area contributed by atoms with Crippen molar-refractivity contribution in [1.29, 1.82) is 0 Å². The summed E-state index contributed by atoms with van der Waals surface area (Å²) in [6, 6.07) is 11.6. The van der Waals surface area contributed by atoms with Crippen molar-refractivity contribution in [3.8, 4) is 17.0 Å². The van der Waals surface area contributed by atoms with Crippen LogP contribution in [-0.2, 0) is 16.1 Å². The molecule has 0 aliphatic carbocycles. The van der Waals surface area contributed by atoms with Gasteiger partial charge in [-0.2, -0.15) is 23.1 Å². The fourth-order valence-corrected chi connectivity index (χ4v) is 6.01. The van der Waals surface area contributed by atoms with Crippen molar-refractivity contribution >= 4 is 29.3 Å². The van der Waals surface area contributed by atoms with Crippen LogP contribution in [0.1, 0.15) is 43.4 Å². The van der Waals surface area contributed by atoms with Gasteiger partial charge in [0.05, 0.1) is 13.2 Å². The number of carbonyl (C=O) groups excluding carboxylic acids is 1. The molecule has 5 rings (SSSR count). The van der Waals surface area contributed by atoms with Crippen LogP contribution in [0.25, 0.3) is 11.1 Å². The molecule has 2 fully saturated rings. The average molecular weight is 620 g/mol. The summed E-state index contributed by atoms with van der Waals surface area (Å²) >= 11 is 6.19. The summed E-state index contributed by atoms with van der Waals surface area (Å²) < 4.78 is 54.4. The zero-order valence-corrected chi connectivity index (χ0v) is 24.3. The Labute approximate surface area is 252 Å². The number of nitrogens with one attached hydrogen (secondary N) is 1. The van der Waals surface area contributed by atoms with Crippen LogP contribution in [0, 0.1) is 5.41 Å². The molecule has 0 radical (unpaired) electrons. The summed E-state index contributed by atoms with van der Waals surface area (Å²) in [5.74, 6) is -0.430. The van der Waals surface area contributed by atoms with Gasteiger partial charge in [-0.1, -0.05) is 35.9 Å². The van der Waals surface area contributed by atoms with Crippen molar-refractivity contribution in [2.45, 2.75) is 51.1 Å². The molecule has 2 aliphatic heterocycles. The topological polar surface area (TPSA) is 123 Å². The molecule has 4 N–H and O–H groups in total. The van der Waals surface area contributed by atoms with Gasteiger partial charge < -0.3 is 30.5 Å². The lowest BCUT2D eigenvalue weighted by molar-refractivity contribution is -0.198. The van der Waals surface area contributed by atoms with Gasteiger partial charge in [-0.3, -0.25) is 4.79 Å². The first-order valence-electron chi connectivity index (χ1n) is 14.0. The van der Waals surface area contributed by atoms with Gasteiger partial charge in [0.25, 0.3) is 0 Å². The number of aliphatic hydroxyl groups excluding tert-OH is 1. The highest BCUT2D eigenvalue weighted by atomic mass is 35.5. The maximum atomic E-state index is 14.6. The Kier molecular flexibility index (Phi) is 9.00. The first-order valence-corrected chi connectivity index (χ1v) is 14.4. The summed E-state index contributed by atoms with van der Waals surface area (Å²) in [7, 11) is 0. The number of hydrogen-bond acceptors (Lipinski definition) is 9. The van der Waals surface area contributed by atoms with Crippen molar-refractivity contribution < 1.29 is 32.5 Å². The fraction of sp³-hybridized carbons (Fsp3) is 0.433. The Morgan fingerprint density at radius 3 is 2.67 bits per heavy atom. The molecule has 2 atom stereocenters. The number of esters is 1. The predicted molar refractivity (Wildman–Crippen MR) is 156 cm³/mol. The number of nitrogen functional groups attached to an aromatic ring is 1. The number of nitrogens with zero attached hydrogens (tertiary/aromatic N) is 3. The van der Waals surface area contributed by atoms with E-state index in [1.54, 1.807) is 31.2 Å². The standard InChI is InChI=1S/C30H33ClF3N5O4/c1-2-42-27(41)23-15-29(17-36-23)8-10-39(11-9-29)24-14-25(38-28(35)37-24)43-26(30(32,33)34)21-7-6-20(31)13-22(21)19-5-3-4-18(12-19)16-40/h3-7,12-14,23,26,36,40H,2,8-11,15-17H2,1H3,(H2,35,37,38)/t23-,26+/m0/s1. The van der Waals surface area contributed by atoms with Gasteiger partial charge in [0.2, 0.25) is 17.9 Å². The summed E-state index contributed by atoms with van der Waals surface area (Å²) in [5, 5.41) is 13.1. The van der Waals surface area contributed by atoms with E-state index >= 15 is 0 Å². The second-order valence-electron chi connectivity index (χ2n) is 10.9. The number of aromatic nitrogens is 2. The molecule has 230 valence electrons. The number of nitrogens with two attached hydrogens (primary N) is 1. The highest BCUT2D eigenvalue weighted by Gasteiger charge is 2.46. The monoisotopic (exact) mass is 619 g/mol. The Hall–Kier alpha value is -3.61. The van der Waals surface area contributed by atoms with Crippen LogP contribution in [0.15, 0.2) is 48.5 Å². The number of rotatable bonds is 8. The minimum absolute atomic E-state index is 0.0779. The van der Waals surface area contributed by atoms with Crippen LogP contribution in [-0.4, -0.2) is 59.5 Å². The Balaban J connectivity index is 1.38. The summed E-state index contributed by atoms with van der Waals surface area (Å²) in [5.41, 5.74) is 6.88. The van der Waals surface area contributed by atoms with Crippen LogP contribution in [0.2, 0.25) is 5.02 Å². The minimum atomic E-state index is -4.82. The van der Waals surface area contributed by atoms with E-state index in [4.69, 9.17) is 26.8 Å². The second-order valence-corrected chi connectivity index (χ2v) is 11.4. The smallest absolute Gasteiger partial charge is 0.429 e. The van der Waals surface area contributed by atoms with E-state index in [0.717, 1.165) is 12.8 Å². The van der Waals surface area contributed by atoms with Crippen molar-refractivity contribution in [3.63, 3.8) is 0 Å². The van der Waals surface area contributed by atoms with E-state index in [1.807, 2.05) is 4.90 Å². The number of halogens is 4. The largest absolute Gasteiger partial charge is 0.465 e. The summed E-state index contributed by atoms with van der Waals surface area (Å²) in [6.07, 6.45) is -5.05. The number of carbonyl (C=O) groups is 1. The minimum Gasteiger partial charge on any atom is -0.465 e. The van der Waals surface area contributed by atoms with Gasteiger partial charge in [-0.25, -0.2) is 0 Å². The van der Waals surface area contributed by atoms with E-state index in [1.165, 1.54) is 24.3 Å². The number of aliphatic hydroxyl groups is 1. The van der Waals surface area contributed by atoms with Crippen LogP contribution >= 0.6 is 11.6 Å². The highest BCUT2D eigenvalue weighted by molar-refractivity contribution is 6.30. The van der Waals surface area contributed by atoms with Gasteiger partial charge in [0, 0.05) is 36.3 Å². The van der Waals surface area contributed by atoms with E-state index in [0.29, 0.717) is 49.6 Å². The SMILES string of the molecule is CCOC(=O)[C@@H]1CC2(CCN(c3cc(O[C@H](c4ccc(Cl)cc4-c4cccc(CO)c4)C(F)(F)F)nc(N)n3)CC2)CN1. The number of ether oxygens (including phenoxy) is 2. The summed E-state index contributed by atoms with van der Waals surface area (Å²) in [4.78, 5) is 22.4. The number of hydrogen-bond donors (Lipinski definition) is 3. The lowest BCUT2D eigenvalue weighted by Crippen LogP contribution is -2.41. The Bertz CT molecular complexity index is 1470. The molecule has 2 saturated heterocycles. The van der Waals surface area contributed by atoms with Crippen LogP contribution in [0.5, 0.6) is 5.88 Å². The molecule has 3 heterocycles. The molecule has 1 spiro atoms. The maximum Gasteiger partial charge on any atom is 0.429 e. The molecule has 3 aromatic rings. The third-order valence-corrected chi connectivity index (χ3v) is 8.28. The zero-order chi connectivity index (χ0) is 30.8. The third kappa shape index (κ3) is 6.97.